The van der Waals surface area contributed by atoms with Crippen molar-refractivity contribution >= 4 is 24.1 Å². The van der Waals surface area contributed by atoms with Gasteiger partial charge in [0.25, 0.3) is 19.7 Å². The average molecular weight is 607 g/mol. The predicted octanol–water partition coefficient (Wildman–Crippen LogP) is 7.25. The van der Waals surface area contributed by atoms with Gasteiger partial charge in [-0.2, -0.15) is 0 Å². The van der Waals surface area contributed by atoms with E-state index < -0.39 is 34.9 Å². The first-order valence-electron chi connectivity index (χ1n) is 14.3. The van der Waals surface area contributed by atoms with Crippen molar-refractivity contribution in [2.24, 2.45) is 0 Å². The normalized spacial score (nSPS) is 12.6. The molecule has 0 radical (unpaired) electrons. The fraction of sp³-hybridized carbons (Fsp3) is 0.581. The van der Waals surface area contributed by atoms with Crippen LogP contribution < -0.4 is 9.47 Å². The first-order chi connectivity index (χ1) is 19.0. The summed E-state index contributed by atoms with van der Waals surface area (Å²) in [7, 11) is -9.75. The quantitative estimate of drug-likeness (QED) is 0.0824. The molecule has 0 amide bonds. The molecule has 228 valence electrons. The van der Waals surface area contributed by atoms with Gasteiger partial charge in [-0.3, -0.25) is 0 Å². The standard InChI is InChI=1S/C31H46N2O6S2/c1-9-11-13-19-38-25-17-15-23(30(3,4)5)21-27(25)40(34,35)29(33-32)41(36,37)28-22-24(31(6,7)8)16-18-26(28)39-20-14-12-10-2/h15-18,21-22H,9-14,19-20H2,1-8H3. The Morgan fingerprint density at radius 2 is 1.05 bits per heavy atom. The van der Waals surface area contributed by atoms with E-state index in [4.69, 9.17) is 9.47 Å². The van der Waals surface area contributed by atoms with Crippen LogP contribution in [0.5, 0.6) is 11.5 Å². The van der Waals surface area contributed by atoms with Crippen LogP contribution in [0.15, 0.2) is 46.2 Å². The van der Waals surface area contributed by atoms with Crippen molar-refractivity contribution in [3.8, 4) is 11.5 Å². The molecule has 41 heavy (non-hydrogen) atoms. The van der Waals surface area contributed by atoms with Crippen molar-refractivity contribution in [3.63, 3.8) is 0 Å². The van der Waals surface area contributed by atoms with Crippen molar-refractivity contribution in [2.45, 2.75) is 115 Å². The van der Waals surface area contributed by atoms with Crippen LogP contribution >= 0.6 is 0 Å². The predicted molar refractivity (Wildman–Crippen MR) is 163 cm³/mol. The van der Waals surface area contributed by atoms with Crippen molar-refractivity contribution in [1.82, 2.24) is 0 Å². The third kappa shape index (κ3) is 8.66. The van der Waals surface area contributed by atoms with E-state index in [0.717, 1.165) is 25.7 Å². The van der Waals surface area contributed by atoms with Crippen LogP contribution in [0.3, 0.4) is 0 Å². The van der Waals surface area contributed by atoms with Crippen molar-refractivity contribution in [2.75, 3.05) is 13.2 Å². The van der Waals surface area contributed by atoms with Gasteiger partial charge in [-0.25, -0.2) is 16.8 Å². The summed E-state index contributed by atoms with van der Waals surface area (Å²) in [4.78, 5) is 2.17. The number of unbranched alkanes of at least 4 members (excludes halogenated alkanes) is 4. The van der Waals surface area contributed by atoms with Gasteiger partial charge in [-0.1, -0.05) is 93.2 Å². The Morgan fingerprint density at radius 1 is 0.683 bits per heavy atom. The number of hydrogen-bond donors (Lipinski definition) is 0. The third-order valence-electron chi connectivity index (χ3n) is 6.75. The summed E-state index contributed by atoms with van der Waals surface area (Å²) < 4.78 is 66.6. The van der Waals surface area contributed by atoms with E-state index in [1.807, 2.05) is 55.4 Å². The maximum Gasteiger partial charge on any atom is 0.504 e. The van der Waals surface area contributed by atoms with Crippen molar-refractivity contribution in [3.05, 3.63) is 53.1 Å². The van der Waals surface area contributed by atoms with Gasteiger partial charge in [0.05, 0.1) is 13.2 Å². The molecule has 0 N–H and O–H groups in total. The zero-order chi connectivity index (χ0) is 31.1. The van der Waals surface area contributed by atoms with Crippen LogP contribution in [0, 0.1) is 0 Å². The number of benzene rings is 2. The SMILES string of the molecule is CCCCCOc1ccc(C(C)(C)C)cc1S(=O)(=O)C(=[N+]=[N-])S(=O)(=O)c1cc(C(C)(C)C)ccc1OCCCCC. The second kappa shape index (κ2) is 14.0. The summed E-state index contributed by atoms with van der Waals surface area (Å²) in [5.41, 5.74) is 10.4. The molecule has 0 aliphatic heterocycles. The summed E-state index contributed by atoms with van der Waals surface area (Å²) in [5.74, 6) is 0.00914. The van der Waals surface area contributed by atoms with E-state index in [-0.39, 0.29) is 34.5 Å². The molecule has 2 rings (SSSR count). The highest BCUT2D eigenvalue weighted by molar-refractivity contribution is 8.31. The summed E-state index contributed by atoms with van der Waals surface area (Å²) in [5, 5.41) is 0. The lowest BCUT2D eigenvalue weighted by molar-refractivity contribution is 0.00377. The van der Waals surface area contributed by atoms with Crippen LogP contribution in [-0.2, 0) is 30.5 Å². The molecule has 0 saturated carbocycles. The maximum absolute atomic E-state index is 14.1. The van der Waals surface area contributed by atoms with Crippen LogP contribution in [-0.4, -0.2) is 39.2 Å². The molecular formula is C31H46N2O6S2. The first-order valence-corrected chi connectivity index (χ1v) is 17.2. The lowest BCUT2D eigenvalue weighted by atomic mass is 9.87. The van der Waals surface area contributed by atoms with E-state index in [9.17, 15) is 22.4 Å². The Morgan fingerprint density at radius 3 is 1.34 bits per heavy atom. The molecule has 0 fully saturated rings. The van der Waals surface area contributed by atoms with Crippen LogP contribution in [0.2, 0.25) is 0 Å². The molecule has 0 unspecified atom stereocenters. The Balaban J connectivity index is 2.74. The number of hydrogen-bond acceptors (Lipinski definition) is 6. The molecule has 10 heteroatoms. The van der Waals surface area contributed by atoms with Crippen molar-refractivity contribution < 1.29 is 31.1 Å². The Bertz CT molecular complexity index is 1360. The molecule has 2 aromatic carbocycles. The minimum Gasteiger partial charge on any atom is -0.492 e. The molecule has 0 aliphatic carbocycles. The lowest BCUT2D eigenvalue weighted by Crippen LogP contribution is -2.28. The van der Waals surface area contributed by atoms with E-state index >= 15 is 0 Å². The molecule has 0 saturated heterocycles. The molecule has 0 bridgehead atoms. The molecule has 0 heterocycles. The number of sulfone groups is 2. The second-order valence-corrected chi connectivity index (χ2v) is 16.2. The van der Waals surface area contributed by atoms with E-state index in [0.29, 0.717) is 24.0 Å². The molecule has 0 atom stereocenters. The largest absolute Gasteiger partial charge is 0.504 e. The highest BCUT2D eigenvalue weighted by Gasteiger charge is 2.47. The van der Waals surface area contributed by atoms with Gasteiger partial charge in [0, 0.05) is 0 Å². The summed E-state index contributed by atoms with van der Waals surface area (Å²) in [6.07, 6.45) is 5.10. The Hall–Kier alpha value is -2.68. The van der Waals surface area contributed by atoms with Gasteiger partial charge >= 0.3 is 4.38 Å². The smallest absolute Gasteiger partial charge is 0.492 e. The van der Waals surface area contributed by atoms with Crippen LogP contribution in [0.25, 0.3) is 5.53 Å². The van der Waals surface area contributed by atoms with E-state index in [2.05, 4.69) is 4.79 Å². The van der Waals surface area contributed by atoms with Gasteiger partial charge in [0.15, 0.2) is 0 Å². The molecule has 0 aliphatic rings. The lowest BCUT2D eigenvalue weighted by Gasteiger charge is -2.22. The fourth-order valence-corrected chi connectivity index (χ4v) is 7.75. The summed E-state index contributed by atoms with van der Waals surface area (Å²) >= 11 is 0. The molecule has 0 spiro atoms. The van der Waals surface area contributed by atoms with Gasteiger partial charge < -0.3 is 15.0 Å². The highest BCUT2D eigenvalue weighted by Crippen LogP contribution is 2.36. The minimum absolute atomic E-state index is 0.00457. The summed E-state index contributed by atoms with van der Waals surface area (Å²) in [6.45, 7) is 16.1. The number of nitrogens with zero attached hydrogens (tertiary/aromatic N) is 2. The average Bonchev–Trinajstić information content (AvgIpc) is 2.88. The van der Waals surface area contributed by atoms with Crippen LogP contribution in [0.1, 0.15) is 105 Å². The van der Waals surface area contributed by atoms with Gasteiger partial charge in [-0.05, 0) is 59.1 Å². The Labute approximate surface area is 246 Å². The highest BCUT2D eigenvalue weighted by atomic mass is 32.3. The summed E-state index contributed by atoms with van der Waals surface area (Å²) in [6, 6.07) is 9.38. The fourth-order valence-electron chi connectivity index (χ4n) is 4.12. The van der Waals surface area contributed by atoms with E-state index in [1.165, 1.54) is 24.3 Å². The molecular weight excluding hydrogens is 560 g/mol. The number of rotatable bonds is 12. The van der Waals surface area contributed by atoms with Gasteiger partial charge in [0.2, 0.25) is 0 Å². The first kappa shape index (κ1) is 34.5. The maximum atomic E-state index is 14.1. The Kier molecular flexibility index (Phi) is 11.8. The van der Waals surface area contributed by atoms with E-state index in [1.54, 1.807) is 12.1 Å². The zero-order valence-electron chi connectivity index (χ0n) is 25.8. The molecule has 2 aromatic rings. The number of ether oxygens (including phenoxy) is 2. The van der Waals surface area contributed by atoms with Crippen molar-refractivity contribution in [1.29, 1.82) is 0 Å². The monoisotopic (exact) mass is 606 g/mol. The third-order valence-corrected chi connectivity index (χ3v) is 10.9. The minimum atomic E-state index is -4.88. The topological polar surface area (TPSA) is 123 Å². The van der Waals surface area contributed by atoms with Crippen LogP contribution in [0.4, 0.5) is 0 Å². The van der Waals surface area contributed by atoms with Gasteiger partial charge in [0.1, 0.15) is 21.3 Å². The zero-order valence-corrected chi connectivity index (χ0v) is 27.4. The molecule has 8 nitrogen and oxygen atoms in total. The second-order valence-electron chi connectivity index (χ2n) is 12.3. The molecule has 0 aromatic heterocycles. The van der Waals surface area contributed by atoms with Gasteiger partial charge in [-0.15, -0.1) is 4.79 Å².